The van der Waals surface area contributed by atoms with E-state index in [1.165, 1.54) is 0 Å². The molecule has 102 valence electrons. The molecule has 2 heteroatoms. The lowest BCUT2D eigenvalue weighted by Gasteiger charge is -2.20. The second-order valence-electron chi connectivity index (χ2n) is 7.17. The van der Waals surface area contributed by atoms with Crippen molar-refractivity contribution in [3.05, 3.63) is 24.3 Å². The van der Waals surface area contributed by atoms with Crippen molar-refractivity contribution in [2.24, 2.45) is 10.8 Å². The Balaban J connectivity index is 2.48. The van der Waals surface area contributed by atoms with Crippen molar-refractivity contribution >= 4 is 0 Å². The Labute approximate surface area is 111 Å². The summed E-state index contributed by atoms with van der Waals surface area (Å²) >= 11 is 0. The molecule has 0 saturated carbocycles. The van der Waals surface area contributed by atoms with Gasteiger partial charge in [-0.2, -0.15) is 0 Å². The van der Waals surface area contributed by atoms with Crippen molar-refractivity contribution in [2.75, 3.05) is 13.2 Å². The lowest BCUT2D eigenvalue weighted by Crippen LogP contribution is -2.17. The van der Waals surface area contributed by atoms with E-state index in [1.807, 2.05) is 24.3 Å². The Morgan fingerprint density at radius 1 is 0.667 bits per heavy atom. The van der Waals surface area contributed by atoms with Crippen LogP contribution in [0.1, 0.15) is 41.5 Å². The van der Waals surface area contributed by atoms with Crippen molar-refractivity contribution in [2.45, 2.75) is 41.5 Å². The molecule has 0 atom stereocenters. The predicted octanol–water partition coefficient (Wildman–Crippen LogP) is 4.54. The highest BCUT2D eigenvalue weighted by Crippen LogP contribution is 2.22. The minimum Gasteiger partial charge on any atom is -0.493 e. The first-order chi connectivity index (χ1) is 8.16. The fraction of sp³-hybridized carbons (Fsp3) is 0.625. The topological polar surface area (TPSA) is 18.5 Å². The number of ether oxygens (including phenoxy) is 2. The van der Waals surface area contributed by atoms with E-state index in [9.17, 15) is 0 Å². The SMILES string of the molecule is CC(C)(C)COc1ccc(OCC(C)(C)C)cc1. The van der Waals surface area contributed by atoms with Crippen LogP contribution in [0.25, 0.3) is 0 Å². The van der Waals surface area contributed by atoms with Gasteiger partial charge in [-0.3, -0.25) is 0 Å². The molecule has 0 spiro atoms. The molecule has 0 heterocycles. The van der Waals surface area contributed by atoms with E-state index in [2.05, 4.69) is 41.5 Å². The van der Waals surface area contributed by atoms with Crippen molar-refractivity contribution in [1.82, 2.24) is 0 Å². The van der Waals surface area contributed by atoms with Crippen molar-refractivity contribution < 1.29 is 9.47 Å². The van der Waals surface area contributed by atoms with Gasteiger partial charge in [0.2, 0.25) is 0 Å². The summed E-state index contributed by atoms with van der Waals surface area (Å²) in [5.74, 6) is 1.79. The van der Waals surface area contributed by atoms with Crippen LogP contribution in [0.15, 0.2) is 24.3 Å². The second-order valence-corrected chi connectivity index (χ2v) is 7.17. The molecular formula is C16H26O2. The zero-order chi connectivity index (χ0) is 13.8. The molecular weight excluding hydrogens is 224 g/mol. The third-order valence-corrected chi connectivity index (χ3v) is 2.17. The van der Waals surface area contributed by atoms with E-state index in [1.54, 1.807) is 0 Å². The second kappa shape index (κ2) is 5.64. The van der Waals surface area contributed by atoms with Crippen LogP contribution < -0.4 is 9.47 Å². The fourth-order valence-electron chi connectivity index (χ4n) is 1.23. The molecule has 1 rings (SSSR count). The van der Waals surface area contributed by atoms with Crippen LogP contribution in [0.3, 0.4) is 0 Å². The summed E-state index contributed by atoms with van der Waals surface area (Å²) in [4.78, 5) is 0. The first kappa shape index (κ1) is 14.9. The van der Waals surface area contributed by atoms with Gasteiger partial charge in [0, 0.05) is 0 Å². The molecule has 0 unspecified atom stereocenters. The normalized spacial score (nSPS) is 12.3. The van der Waals surface area contributed by atoms with E-state index >= 15 is 0 Å². The summed E-state index contributed by atoms with van der Waals surface area (Å²) in [7, 11) is 0. The number of hydrogen-bond donors (Lipinski definition) is 0. The highest BCUT2D eigenvalue weighted by Gasteiger charge is 2.12. The summed E-state index contributed by atoms with van der Waals surface area (Å²) in [5.41, 5.74) is 0.364. The highest BCUT2D eigenvalue weighted by atomic mass is 16.5. The van der Waals surface area contributed by atoms with Gasteiger partial charge in [-0.05, 0) is 35.1 Å². The molecule has 0 aliphatic heterocycles. The molecule has 0 aliphatic carbocycles. The largest absolute Gasteiger partial charge is 0.493 e. The summed E-state index contributed by atoms with van der Waals surface area (Å²) in [6, 6.07) is 7.85. The maximum Gasteiger partial charge on any atom is 0.119 e. The molecule has 0 amide bonds. The van der Waals surface area contributed by atoms with Gasteiger partial charge in [-0.1, -0.05) is 41.5 Å². The number of hydrogen-bond acceptors (Lipinski definition) is 2. The van der Waals surface area contributed by atoms with Gasteiger partial charge in [0.05, 0.1) is 13.2 Å². The summed E-state index contributed by atoms with van der Waals surface area (Å²) in [5, 5.41) is 0. The zero-order valence-electron chi connectivity index (χ0n) is 12.5. The van der Waals surface area contributed by atoms with Gasteiger partial charge in [-0.15, -0.1) is 0 Å². The zero-order valence-corrected chi connectivity index (χ0v) is 12.5. The van der Waals surface area contributed by atoms with Gasteiger partial charge < -0.3 is 9.47 Å². The number of rotatable bonds is 4. The van der Waals surface area contributed by atoms with Gasteiger partial charge in [-0.25, -0.2) is 0 Å². The maximum atomic E-state index is 5.72. The van der Waals surface area contributed by atoms with Crippen molar-refractivity contribution in [3.8, 4) is 11.5 Å². The van der Waals surface area contributed by atoms with Crippen LogP contribution in [-0.2, 0) is 0 Å². The quantitative estimate of drug-likeness (QED) is 0.781. The Kier molecular flexibility index (Phi) is 4.66. The standard InChI is InChI=1S/C16H26O2/c1-15(2,3)11-17-13-7-9-14(10-8-13)18-12-16(4,5)6/h7-10H,11-12H2,1-6H3. The first-order valence-corrected chi connectivity index (χ1v) is 6.51. The maximum absolute atomic E-state index is 5.72. The molecule has 1 aromatic carbocycles. The first-order valence-electron chi connectivity index (χ1n) is 6.51. The average Bonchev–Trinajstić information content (AvgIpc) is 2.23. The van der Waals surface area contributed by atoms with Gasteiger partial charge in [0.1, 0.15) is 11.5 Å². The Bertz CT molecular complexity index is 315. The molecule has 0 radical (unpaired) electrons. The van der Waals surface area contributed by atoms with E-state index < -0.39 is 0 Å². The summed E-state index contributed by atoms with van der Waals surface area (Å²) < 4.78 is 11.4. The van der Waals surface area contributed by atoms with Crippen LogP contribution >= 0.6 is 0 Å². The van der Waals surface area contributed by atoms with Crippen LogP contribution in [0.5, 0.6) is 11.5 Å². The molecule has 0 aliphatic rings. The summed E-state index contributed by atoms with van der Waals surface area (Å²) in [6.07, 6.45) is 0. The minimum atomic E-state index is 0.182. The molecule has 18 heavy (non-hydrogen) atoms. The average molecular weight is 250 g/mol. The Morgan fingerprint density at radius 3 is 1.17 bits per heavy atom. The molecule has 0 bridgehead atoms. The van der Waals surface area contributed by atoms with Crippen LogP contribution in [-0.4, -0.2) is 13.2 Å². The van der Waals surface area contributed by atoms with E-state index in [0.29, 0.717) is 0 Å². The molecule has 1 aromatic rings. The van der Waals surface area contributed by atoms with E-state index in [0.717, 1.165) is 24.7 Å². The van der Waals surface area contributed by atoms with E-state index in [4.69, 9.17) is 9.47 Å². The molecule has 0 N–H and O–H groups in total. The molecule has 0 aromatic heterocycles. The smallest absolute Gasteiger partial charge is 0.119 e. The van der Waals surface area contributed by atoms with E-state index in [-0.39, 0.29) is 10.8 Å². The molecule has 0 fully saturated rings. The monoisotopic (exact) mass is 250 g/mol. The Hall–Kier alpha value is -1.18. The van der Waals surface area contributed by atoms with Gasteiger partial charge in [0.25, 0.3) is 0 Å². The third kappa shape index (κ3) is 6.53. The van der Waals surface area contributed by atoms with Gasteiger partial charge in [0.15, 0.2) is 0 Å². The summed E-state index contributed by atoms with van der Waals surface area (Å²) in [6.45, 7) is 14.4. The molecule has 0 saturated heterocycles. The lowest BCUT2D eigenvalue weighted by molar-refractivity contribution is 0.193. The number of benzene rings is 1. The fourth-order valence-corrected chi connectivity index (χ4v) is 1.23. The van der Waals surface area contributed by atoms with Crippen molar-refractivity contribution in [3.63, 3.8) is 0 Å². The van der Waals surface area contributed by atoms with Crippen LogP contribution in [0.2, 0.25) is 0 Å². The van der Waals surface area contributed by atoms with Crippen LogP contribution in [0.4, 0.5) is 0 Å². The highest BCUT2D eigenvalue weighted by molar-refractivity contribution is 5.31. The van der Waals surface area contributed by atoms with Crippen molar-refractivity contribution in [1.29, 1.82) is 0 Å². The lowest BCUT2D eigenvalue weighted by atomic mass is 9.98. The minimum absolute atomic E-state index is 0.182. The third-order valence-electron chi connectivity index (χ3n) is 2.17. The van der Waals surface area contributed by atoms with Gasteiger partial charge >= 0.3 is 0 Å². The van der Waals surface area contributed by atoms with Crippen LogP contribution in [0, 0.1) is 10.8 Å². The molecule has 2 nitrogen and oxygen atoms in total. The predicted molar refractivity (Wildman–Crippen MR) is 76.3 cm³/mol. The Morgan fingerprint density at radius 2 is 0.944 bits per heavy atom.